The van der Waals surface area contributed by atoms with Crippen LogP contribution in [0.3, 0.4) is 0 Å². The molecule has 0 bridgehead atoms. The Morgan fingerprint density at radius 3 is 2.50 bits per heavy atom. The SMILES string of the molecule is CC(C)NC(=O)CN(C(=O)CCC(=O)Nc1ccccn1)C1CCCC1. The second-order valence-corrected chi connectivity index (χ2v) is 6.95. The zero-order chi connectivity index (χ0) is 18.9. The second kappa shape index (κ2) is 9.89. The number of nitrogens with zero attached hydrogens (tertiary/aromatic N) is 2. The van der Waals surface area contributed by atoms with Gasteiger partial charge in [0.1, 0.15) is 5.82 Å². The van der Waals surface area contributed by atoms with Gasteiger partial charge in [0, 0.05) is 31.1 Å². The van der Waals surface area contributed by atoms with Crippen molar-refractivity contribution < 1.29 is 14.4 Å². The second-order valence-electron chi connectivity index (χ2n) is 6.95. The number of nitrogens with one attached hydrogen (secondary N) is 2. The molecule has 1 fully saturated rings. The van der Waals surface area contributed by atoms with E-state index in [0.717, 1.165) is 25.7 Å². The van der Waals surface area contributed by atoms with Crippen LogP contribution in [0.1, 0.15) is 52.4 Å². The first-order valence-corrected chi connectivity index (χ1v) is 9.25. The molecule has 1 saturated carbocycles. The van der Waals surface area contributed by atoms with Crippen LogP contribution in [0.15, 0.2) is 24.4 Å². The lowest BCUT2D eigenvalue weighted by atomic mass is 10.1. The van der Waals surface area contributed by atoms with Crippen LogP contribution >= 0.6 is 0 Å². The average molecular weight is 360 g/mol. The minimum Gasteiger partial charge on any atom is -0.352 e. The van der Waals surface area contributed by atoms with Crippen LogP contribution in [0.25, 0.3) is 0 Å². The molecule has 26 heavy (non-hydrogen) atoms. The Labute approximate surface area is 154 Å². The zero-order valence-corrected chi connectivity index (χ0v) is 15.5. The third kappa shape index (κ3) is 6.46. The van der Waals surface area contributed by atoms with Crippen LogP contribution in [0.5, 0.6) is 0 Å². The molecule has 2 N–H and O–H groups in total. The van der Waals surface area contributed by atoms with Crippen molar-refractivity contribution in [2.75, 3.05) is 11.9 Å². The molecular formula is C19H28N4O3. The lowest BCUT2D eigenvalue weighted by Crippen LogP contribution is -2.46. The van der Waals surface area contributed by atoms with Crippen molar-refractivity contribution in [3.8, 4) is 0 Å². The maximum Gasteiger partial charge on any atom is 0.239 e. The minimum atomic E-state index is -0.255. The van der Waals surface area contributed by atoms with Gasteiger partial charge in [-0.05, 0) is 38.8 Å². The Morgan fingerprint density at radius 2 is 1.88 bits per heavy atom. The van der Waals surface area contributed by atoms with Gasteiger partial charge in [0.05, 0.1) is 6.54 Å². The fourth-order valence-electron chi connectivity index (χ4n) is 3.17. The smallest absolute Gasteiger partial charge is 0.239 e. The first kappa shape index (κ1) is 19.9. The predicted molar refractivity (Wildman–Crippen MR) is 99.3 cm³/mol. The molecule has 7 nitrogen and oxygen atoms in total. The quantitative estimate of drug-likeness (QED) is 0.743. The van der Waals surface area contributed by atoms with Gasteiger partial charge >= 0.3 is 0 Å². The number of pyridine rings is 1. The van der Waals surface area contributed by atoms with E-state index in [-0.39, 0.29) is 49.2 Å². The largest absolute Gasteiger partial charge is 0.352 e. The summed E-state index contributed by atoms with van der Waals surface area (Å²) in [5, 5.41) is 5.50. The molecule has 0 radical (unpaired) electrons. The van der Waals surface area contributed by atoms with Gasteiger partial charge in [0.2, 0.25) is 17.7 Å². The Kier molecular flexibility index (Phi) is 7.56. The van der Waals surface area contributed by atoms with Crippen molar-refractivity contribution in [2.24, 2.45) is 0 Å². The van der Waals surface area contributed by atoms with E-state index in [9.17, 15) is 14.4 Å². The summed E-state index contributed by atoms with van der Waals surface area (Å²) in [7, 11) is 0. The third-order valence-electron chi connectivity index (χ3n) is 4.35. The lowest BCUT2D eigenvalue weighted by Gasteiger charge is -2.29. The number of hydrogen-bond donors (Lipinski definition) is 2. The van der Waals surface area contributed by atoms with Crippen LogP contribution in [-0.2, 0) is 14.4 Å². The summed E-state index contributed by atoms with van der Waals surface area (Å²) in [5.41, 5.74) is 0. The summed E-state index contributed by atoms with van der Waals surface area (Å²) in [6.45, 7) is 3.84. The fourth-order valence-corrected chi connectivity index (χ4v) is 3.17. The fraction of sp³-hybridized carbons (Fsp3) is 0.579. The molecule has 1 aliphatic rings. The highest BCUT2D eigenvalue weighted by molar-refractivity contribution is 5.93. The molecule has 0 saturated heterocycles. The monoisotopic (exact) mass is 360 g/mol. The van der Waals surface area contributed by atoms with Gasteiger partial charge in [-0.1, -0.05) is 18.9 Å². The maximum atomic E-state index is 12.7. The molecule has 1 heterocycles. The number of aromatic nitrogens is 1. The highest BCUT2D eigenvalue weighted by Crippen LogP contribution is 2.24. The Hall–Kier alpha value is -2.44. The molecule has 0 atom stereocenters. The van der Waals surface area contributed by atoms with Gasteiger partial charge in [0.15, 0.2) is 0 Å². The lowest BCUT2D eigenvalue weighted by molar-refractivity contribution is -0.139. The van der Waals surface area contributed by atoms with Gasteiger partial charge in [-0.15, -0.1) is 0 Å². The number of carbonyl (C=O) groups excluding carboxylic acids is 3. The van der Waals surface area contributed by atoms with Crippen LogP contribution in [0.2, 0.25) is 0 Å². The summed E-state index contributed by atoms with van der Waals surface area (Å²) < 4.78 is 0. The summed E-state index contributed by atoms with van der Waals surface area (Å²) in [4.78, 5) is 42.5. The van der Waals surface area contributed by atoms with E-state index in [1.54, 1.807) is 29.3 Å². The molecule has 0 aliphatic heterocycles. The number of carbonyl (C=O) groups is 3. The van der Waals surface area contributed by atoms with Crippen molar-refractivity contribution in [1.29, 1.82) is 0 Å². The summed E-state index contributed by atoms with van der Waals surface area (Å²) in [6, 6.07) is 5.37. The zero-order valence-electron chi connectivity index (χ0n) is 15.5. The number of rotatable bonds is 8. The van der Waals surface area contributed by atoms with Crippen molar-refractivity contribution in [3.05, 3.63) is 24.4 Å². The Balaban J connectivity index is 1.88. The minimum absolute atomic E-state index is 0.0344. The standard InChI is InChI=1S/C19H28N4O3/c1-14(2)21-18(25)13-23(15-7-3-4-8-15)19(26)11-10-17(24)22-16-9-5-6-12-20-16/h5-6,9,12,14-15H,3-4,7-8,10-11,13H2,1-2H3,(H,21,25)(H,20,22,24). The molecule has 142 valence electrons. The van der Waals surface area contributed by atoms with E-state index >= 15 is 0 Å². The maximum absolute atomic E-state index is 12.7. The molecule has 7 heteroatoms. The average Bonchev–Trinajstić information content (AvgIpc) is 3.12. The summed E-state index contributed by atoms with van der Waals surface area (Å²) in [5.74, 6) is -0.0888. The summed E-state index contributed by atoms with van der Waals surface area (Å²) >= 11 is 0. The molecule has 0 spiro atoms. The number of anilines is 1. The molecule has 1 aliphatic carbocycles. The normalized spacial score (nSPS) is 14.3. The third-order valence-corrected chi connectivity index (χ3v) is 4.35. The number of hydrogen-bond acceptors (Lipinski definition) is 4. The highest BCUT2D eigenvalue weighted by atomic mass is 16.2. The Bertz CT molecular complexity index is 612. The van der Waals surface area contributed by atoms with Gasteiger partial charge in [-0.3, -0.25) is 14.4 Å². The van der Waals surface area contributed by atoms with Gasteiger partial charge < -0.3 is 15.5 Å². The summed E-state index contributed by atoms with van der Waals surface area (Å²) in [6.07, 6.45) is 5.73. The van der Waals surface area contributed by atoms with Crippen LogP contribution in [0.4, 0.5) is 5.82 Å². The first-order chi connectivity index (χ1) is 12.5. The molecule has 1 aromatic rings. The molecular weight excluding hydrogens is 332 g/mol. The first-order valence-electron chi connectivity index (χ1n) is 9.25. The number of amides is 3. The van der Waals surface area contributed by atoms with E-state index in [4.69, 9.17) is 0 Å². The van der Waals surface area contributed by atoms with E-state index in [1.807, 2.05) is 13.8 Å². The highest BCUT2D eigenvalue weighted by Gasteiger charge is 2.28. The topological polar surface area (TPSA) is 91.4 Å². The molecule has 0 aromatic carbocycles. The van der Waals surface area contributed by atoms with E-state index in [1.165, 1.54) is 0 Å². The Morgan fingerprint density at radius 1 is 1.15 bits per heavy atom. The van der Waals surface area contributed by atoms with Crippen molar-refractivity contribution in [1.82, 2.24) is 15.2 Å². The van der Waals surface area contributed by atoms with Crippen molar-refractivity contribution >= 4 is 23.5 Å². The van der Waals surface area contributed by atoms with E-state index < -0.39 is 0 Å². The van der Waals surface area contributed by atoms with Crippen molar-refractivity contribution in [3.63, 3.8) is 0 Å². The predicted octanol–water partition coefficient (Wildman–Crippen LogP) is 2.10. The molecule has 0 unspecified atom stereocenters. The molecule has 1 aromatic heterocycles. The van der Waals surface area contributed by atoms with Gasteiger partial charge in [0.25, 0.3) is 0 Å². The van der Waals surface area contributed by atoms with Gasteiger partial charge in [-0.25, -0.2) is 4.98 Å². The molecule has 2 rings (SSSR count). The van der Waals surface area contributed by atoms with Crippen LogP contribution in [-0.4, -0.2) is 46.2 Å². The van der Waals surface area contributed by atoms with E-state index in [2.05, 4.69) is 15.6 Å². The van der Waals surface area contributed by atoms with Crippen molar-refractivity contribution in [2.45, 2.75) is 64.5 Å². The van der Waals surface area contributed by atoms with E-state index in [0.29, 0.717) is 5.82 Å². The molecule has 3 amide bonds. The van der Waals surface area contributed by atoms with Crippen LogP contribution < -0.4 is 10.6 Å². The van der Waals surface area contributed by atoms with Gasteiger partial charge in [-0.2, -0.15) is 0 Å². The van der Waals surface area contributed by atoms with Crippen LogP contribution in [0, 0.1) is 0 Å².